The van der Waals surface area contributed by atoms with Crippen molar-refractivity contribution in [3.8, 4) is 0 Å². The lowest BCUT2D eigenvalue weighted by atomic mass is 10.1. The molecule has 0 radical (unpaired) electrons. The van der Waals surface area contributed by atoms with E-state index in [1.807, 2.05) is 0 Å². The summed E-state index contributed by atoms with van der Waals surface area (Å²) in [5.41, 5.74) is -0.160. The van der Waals surface area contributed by atoms with Gasteiger partial charge in [0.25, 0.3) is 5.56 Å². The molecule has 0 aliphatic carbocycles. The summed E-state index contributed by atoms with van der Waals surface area (Å²) in [5.74, 6) is -1.74. The molecule has 1 amide bonds. The molecule has 0 spiro atoms. The van der Waals surface area contributed by atoms with E-state index in [-0.39, 0.29) is 31.0 Å². The number of aryl methyl sites for hydroxylation is 1. The quantitative estimate of drug-likeness (QED) is 0.750. The van der Waals surface area contributed by atoms with Gasteiger partial charge in [-0.2, -0.15) is 0 Å². The first kappa shape index (κ1) is 14.9. The summed E-state index contributed by atoms with van der Waals surface area (Å²) < 4.78 is 1.44. The molecule has 1 atom stereocenters. The Morgan fingerprint density at radius 3 is 2.74 bits per heavy atom. The highest BCUT2D eigenvalue weighted by Crippen LogP contribution is 2.00. The van der Waals surface area contributed by atoms with Crippen LogP contribution < -0.4 is 10.9 Å². The molecule has 6 heteroatoms. The summed E-state index contributed by atoms with van der Waals surface area (Å²) in [7, 11) is 0. The zero-order chi connectivity index (χ0) is 14.3. The molecule has 19 heavy (non-hydrogen) atoms. The van der Waals surface area contributed by atoms with Gasteiger partial charge in [-0.1, -0.05) is 13.0 Å². The van der Waals surface area contributed by atoms with Crippen molar-refractivity contribution in [2.24, 2.45) is 5.92 Å². The first-order valence-corrected chi connectivity index (χ1v) is 6.19. The third-order valence-electron chi connectivity index (χ3n) is 2.87. The lowest BCUT2D eigenvalue weighted by Crippen LogP contribution is -2.33. The molecule has 0 aliphatic heterocycles. The smallest absolute Gasteiger partial charge is 0.308 e. The predicted octanol–water partition coefficient (Wildman–Crippen LogP) is 0.465. The molecule has 0 bridgehead atoms. The van der Waals surface area contributed by atoms with Gasteiger partial charge in [0, 0.05) is 31.8 Å². The van der Waals surface area contributed by atoms with E-state index in [9.17, 15) is 14.4 Å². The topological polar surface area (TPSA) is 88.4 Å². The van der Waals surface area contributed by atoms with Crippen LogP contribution in [0, 0.1) is 5.92 Å². The number of rotatable bonds is 7. The maximum atomic E-state index is 11.6. The number of hydrogen-bond acceptors (Lipinski definition) is 3. The van der Waals surface area contributed by atoms with E-state index in [0.29, 0.717) is 6.42 Å². The molecule has 0 saturated carbocycles. The number of aliphatic carboxylic acids is 1. The van der Waals surface area contributed by atoms with E-state index in [4.69, 9.17) is 5.11 Å². The van der Waals surface area contributed by atoms with Crippen LogP contribution >= 0.6 is 0 Å². The van der Waals surface area contributed by atoms with E-state index in [2.05, 4.69) is 5.32 Å². The van der Waals surface area contributed by atoms with Crippen molar-refractivity contribution < 1.29 is 14.7 Å². The standard InChI is InChI=1S/C13H18N2O4/c1-2-10(13(18)19)9-14-11(16)6-8-15-7-4-3-5-12(15)17/h3-5,7,10H,2,6,8-9H2,1H3,(H,14,16)(H,18,19). The second kappa shape index (κ2) is 7.35. The molecular weight excluding hydrogens is 248 g/mol. The van der Waals surface area contributed by atoms with E-state index in [1.165, 1.54) is 10.6 Å². The van der Waals surface area contributed by atoms with Gasteiger partial charge in [0.15, 0.2) is 0 Å². The first-order valence-electron chi connectivity index (χ1n) is 6.19. The molecule has 1 unspecified atom stereocenters. The molecule has 1 aromatic heterocycles. The maximum absolute atomic E-state index is 11.6. The normalized spacial score (nSPS) is 11.8. The van der Waals surface area contributed by atoms with Gasteiger partial charge in [-0.15, -0.1) is 0 Å². The summed E-state index contributed by atoms with van der Waals surface area (Å²) in [6, 6.07) is 4.78. The molecule has 1 heterocycles. The van der Waals surface area contributed by atoms with Crippen LogP contribution in [0.4, 0.5) is 0 Å². The van der Waals surface area contributed by atoms with Crippen molar-refractivity contribution >= 4 is 11.9 Å². The number of pyridine rings is 1. The largest absolute Gasteiger partial charge is 0.481 e. The van der Waals surface area contributed by atoms with Crippen LogP contribution in [0.1, 0.15) is 19.8 Å². The van der Waals surface area contributed by atoms with Crippen LogP contribution in [0.25, 0.3) is 0 Å². The highest BCUT2D eigenvalue weighted by atomic mass is 16.4. The first-order chi connectivity index (χ1) is 9.04. The predicted molar refractivity (Wildman–Crippen MR) is 69.7 cm³/mol. The Hall–Kier alpha value is -2.11. The average Bonchev–Trinajstić information content (AvgIpc) is 2.38. The highest BCUT2D eigenvalue weighted by molar-refractivity contribution is 5.77. The minimum absolute atomic E-state index is 0.119. The van der Waals surface area contributed by atoms with Crippen LogP contribution in [-0.4, -0.2) is 28.1 Å². The minimum atomic E-state index is -0.915. The van der Waals surface area contributed by atoms with Gasteiger partial charge in [0.05, 0.1) is 5.92 Å². The second-order valence-electron chi connectivity index (χ2n) is 4.23. The Morgan fingerprint density at radius 2 is 2.16 bits per heavy atom. The fourth-order valence-electron chi connectivity index (χ4n) is 1.60. The van der Waals surface area contributed by atoms with Gasteiger partial charge in [-0.3, -0.25) is 14.4 Å². The lowest BCUT2D eigenvalue weighted by Gasteiger charge is -2.11. The lowest BCUT2D eigenvalue weighted by molar-refractivity contribution is -0.141. The third-order valence-corrected chi connectivity index (χ3v) is 2.87. The summed E-state index contributed by atoms with van der Waals surface area (Å²) in [4.78, 5) is 33.7. The average molecular weight is 266 g/mol. The van der Waals surface area contributed by atoms with Gasteiger partial charge < -0.3 is 15.0 Å². The Bertz CT molecular complexity index is 495. The zero-order valence-electron chi connectivity index (χ0n) is 10.8. The molecule has 104 valence electrons. The fraction of sp³-hybridized carbons (Fsp3) is 0.462. The number of aromatic nitrogens is 1. The van der Waals surface area contributed by atoms with Crippen molar-refractivity contribution in [3.05, 3.63) is 34.7 Å². The van der Waals surface area contributed by atoms with E-state index < -0.39 is 11.9 Å². The van der Waals surface area contributed by atoms with Crippen molar-refractivity contribution in [3.63, 3.8) is 0 Å². The molecule has 0 fully saturated rings. The van der Waals surface area contributed by atoms with Crippen molar-refractivity contribution in [2.45, 2.75) is 26.3 Å². The Morgan fingerprint density at radius 1 is 1.42 bits per heavy atom. The van der Waals surface area contributed by atoms with Crippen LogP contribution in [0.15, 0.2) is 29.2 Å². The number of hydrogen-bond donors (Lipinski definition) is 2. The van der Waals surface area contributed by atoms with Crippen LogP contribution in [-0.2, 0) is 16.1 Å². The molecule has 0 saturated heterocycles. The van der Waals surface area contributed by atoms with Crippen LogP contribution in [0.5, 0.6) is 0 Å². The van der Waals surface area contributed by atoms with Crippen LogP contribution in [0.3, 0.4) is 0 Å². The maximum Gasteiger partial charge on any atom is 0.308 e. The molecule has 1 aromatic rings. The van der Waals surface area contributed by atoms with E-state index in [1.54, 1.807) is 25.3 Å². The summed E-state index contributed by atoms with van der Waals surface area (Å²) >= 11 is 0. The van der Waals surface area contributed by atoms with Gasteiger partial charge in [0.2, 0.25) is 5.91 Å². The van der Waals surface area contributed by atoms with Crippen molar-refractivity contribution in [1.82, 2.24) is 9.88 Å². The molecule has 0 aromatic carbocycles. The number of carboxylic acids is 1. The van der Waals surface area contributed by atoms with Gasteiger partial charge in [-0.05, 0) is 12.5 Å². The molecule has 2 N–H and O–H groups in total. The number of nitrogens with zero attached hydrogens (tertiary/aromatic N) is 1. The molecular formula is C13H18N2O4. The number of nitrogens with one attached hydrogen (secondary N) is 1. The van der Waals surface area contributed by atoms with E-state index in [0.717, 1.165) is 0 Å². The van der Waals surface area contributed by atoms with Crippen molar-refractivity contribution in [1.29, 1.82) is 0 Å². The van der Waals surface area contributed by atoms with Crippen LogP contribution in [0.2, 0.25) is 0 Å². The SMILES string of the molecule is CCC(CNC(=O)CCn1ccccc1=O)C(=O)O. The summed E-state index contributed by atoms with van der Waals surface area (Å²) in [6.07, 6.45) is 2.23. The third kappa shape index (κ3) is 4.95. The number of carbonyl (C=O) groups excluding carboxylic acids is 1. The van der Waals surface area contributed by atoms with Crippen molar-refractivity contribution in [2.75, 3.05) is 6.54 Å². The molecule has 1 rings (SSSR count). The fourth-order valence-corrected chi connectivity index (χ4v) is 1.60. The molecule has 0 aliphatic rings. The Kier molecular flexibility index (Phi) is 5.78. The van der Waals surface area contributed by atoms with Gasteiger partial charge >= 0.3 is 5.97 Å². The monoisotopic (exact) mass is 266 g/mol. The van der Waals surface area contributed by atoms with E-state index >= 15 is 0 Å². The van der Waals surface area contributed by atoms with Gasteiger partial charge in [-0.25, -0.2) is 0 Å². The van der Waals surface area contributed by atoms with Gasteiger partial charge in [0.1, 0.15) is 0 Å². The second-order valence-corrected chi connectivity index (χ2v) is 4.23. The Labute approximate surface area is 111 Å². The number of carboxylic acid groups (broad SMARTS) is 1. The summed E-state index contributed by atoms with van der Waals surface area (Å²) in [5, 5.41) is 11.4. The minimum Gasteiger partial charge on any atom is -0.481 e. The summed E-state index contributed by atoms with van der Waals surface area (Å²) in [6.45, 7) is 2.16. The molecule has 6 nitrogen and oxygen atoms in total. The number of carbonyl (C=O) groups is 2. The Balaban J connectivity index is 2.38. The zero-order valence-corrected chi connectivity index (χ0v) is 10.8. The number of amides is 1. The highest BCUT2D eigenvalue weighted by Gasteiger charge is 2.15.